The summed E-state index contributed by atoms with van der Waals surface area (Å²) in [5.74, 6) is -0.0388. The van der Waals surface area contributed by atoms with Crippen molar-refractivity contribution < 1.29 is 42.1 Å². The third-order valence-corrected chi connectivity index (χ3v) is 12.0. The van der Waals surface area contributed by atoms with Gasteiger partial charge in [-0.2, -0.15) is 12.7 Å². The molecule has 0 unspecified atom stereocenters. The molecule has 3 aromatic rings. The van der Waals surface area contributed by atoms with Crippen molar-refractivity contribution in [3.05, 3.63) is 53.6 Å². The average molecular weight is 797 g/mol. The first-order valence-corrected chi connectivity index (χ1v) is 21.1. The smallest absolute Gasteiger partial charge is 0.422 e. The molecule has 14 heteroatoms. The summed E-state index contributed by atoms with van der Waals surface area (Å²) < 4.78 is 48.9. The summed E-state index contributed by atoms with van der Waals surface area (Å²) in [5.41, 5.74) is 2.01. The van der Waals surface area contributed by atoms with Crippen molar-refractivity contribution >= 4 is 39.3 Å². The van der Waals surface area contributed by atoms with Gasteiger partial charge in [-0.1, -0.05) is 51.3 Å². The predicted molar refractivity (Wildman–Crippen MR) is 216 cm³/mol. The number of fused-ring (bicyclic) bond motifs is 5. The highest BCUT2D eigenvalue weighted by Crippen LogP contribution is 2.47. The predicted octanol–water partition coefficient (Wildman–Crippen LogP) is 8.56. The van der Waals surface area contributed by atoms with Gasteiger partial charge in [-0.25, -0.2) is 19.1 Å². The topological polar surface area (TPSA) is 157 Å². The number of hydrogen-bond acceptors (Lipinski definition) is 8. The molecule has 1 saturated carbocycles. The van der Waals surface area contributed by atoms with Crippen LogP contribution >= 0.6 is 0 Å². The maximum absolute atomic E-state index is 14.2. The molecule has 1 aliphatic carbocycles. The van der Waals surface area contributed by atoms with Crippen LogP contribution in [-0.2, 0) is 26.2 Å². The molecule has 1 aliphatic heterocycles. The molecule has 13 nitrogen and oxygen atoms in total. The summed E-state index contributed by atoms with van der Waals surface area (Å²) in [5, 5.41) is 11.1. The normalized spacial score (nSPS) is 16.9. The zero-order valence-electron chi connectivity index (χ0n) is 34.4. The Bertz CT molecular complexity index is 2020. The van der Waals surface area contributed by atoms with Crippen LogP contribution in [0, 0.1) is 5.41 Å². The minimum atomic E-state index is -4.16. The van der Waals surface area contributed by atoms with Crippen LogP contribution in [0.2, 0.25) is 0 Å². The first-order chi connectivity index (χ1) is 26.1. The minimum Gasteiger partial charge on any atom is -0.491 e. The lowest BCUT2D eigenvalue weighted by Crippen LogP contribution is -2.49. The summed E-state index contributed by atoms with van der Waals surface area (Å²) in [6.07, 6.45) is 4.85. The Morgan fingerprint density at radius 2 is 1.55 bits per heavy atom. The molecule has 56 heavy (non-hydrogen) atoms. The zero-order chi connectivity index (χ0) is 41.2. The molecule has 2 amide bonds. The largest absolute Gasteiger partial charge is 0.491 e. The van der Waals surface area contributed by atoms with Crippen LogP contribution < -0.4 is 9.46 Å². The molecule has 2 N–H and O–H groups in total. The number of hydrogen-bond donors (Lipinski definition) is 2. The molecule has 1 atom stereocenters. The van der Waals surface area contributed by atoms with Crippen LogP contribution in [0.3, 0.4) is 0 Å². The van der Waals surface area contributed by atoms with Crippen molar-refractivity contribution in [2.45, 2.75) is 130 Å². The van der Waals surface area contributed by atoms with E-state index in [1.165, 1.54) is 19.0 Å². The van der Waals surface area contributed by atoms with E-state index < -0.39 is 51.0 Å². The van der Waals surface area contributed by atoms with Crippen LogP contribution in [-0.4, -0.2) is 89.4 Å². The Morgan fingerprint density at radius 3 is 2.20 bits per heavy atom. The van der Waals surface area contributed by atoms with Gasteiger partial charge in [0.1, 0.15) is 23.6 Å². The number of amides is 2. The molecular formula is C42H60N4O9S. The highest BCUT2D eigenvalue weighted by Gasteiger charge is 2.36. The SMILES string of the molecule is CN(CCC(C)(C)CCN(C(=O)OC(C)(C)C)[C@H]1COc2ccccc2-c2c(C3CCCCC3)c3ccc(C(=O)O)cc3n2C1)S(=O)(=O)NC(=O)OC(C)(C)C. The van der Waals surface area contributed by atoms with E-state index in [1.807, 2.05) is 63.6 Å². The molecular weight excluding hydrogens is 737 g/mol. The zero-order valence-corrected chi connectivity index (χ0v) is 35.3. The second-order valence-electron chi connectivity index (χ2n) is 18.0. The number of para-hydroxylation sites is 1. The average Bonchev–Trinajstić information content (AvgIpc) is 3.39. The van der Waals surface area contributed by atoms with Gasteiger partial charge in [0.05, 0.1) is 17.3 Å². The number of ether oxygens (including phenoxy) is 3. The van der Waals surface area contributed by atoms with E-state index in [4.69, 9.17) is 14.2 Å². The quantitative estimate of drug-likeness (QED) is 0.194. The van der Waals surface area contributed by atoms with Gasteiger partial charge in [-0.3, -0.25) is 4.90 Å². The molecule has 0 saturated heterocycles. The summed E-state index contributed by atoms with van der Waals surface area (Å²) in [4.78, 5) is 40.5. The number of carbonyl (C=O) groups excluding carboxylic acids is 2. The highest BCUT2D eigenvalue weighted by molar-refractivity contribution is 7.87. The van der Waals surface area contributed by atoms with Crippen LogP contribution in [0.25, 0.3) is 22.2 Å². The van der Waals surface area contributed by atoms with Gasteiger partial charge in [0.2, 0.25) is 0 Å². The summed E-state index contributed by atoms with van der Waals surface area (Å²) in [6, 6.07) is 12.8. The minimum absolute atomic E-state index is 0.107. The Labute approximate surface area is 331 Å². The molecule has 308 valence electrons. The fourth-order valence-electron chi connectivity index (χ4n) is 7.57. The standard InChI is InChI=1S/C42H60N4O9S/c1-40(2,3)54-38(49)43-56(51,52)44(9)23-21-42(7,8)22-24-45(39(50)55-41(4,5)6)30-26-46-33-25-29(37(47)48)19-20-31(33)35(28-15-11-10-12-16-28)36(46)32-17-13-14-18-34(32)53-27-30/h13-14,17-20,25,28,30H,10-12,15-16,21-24,26-27H2,1-9H3,(H,43,49)(H,47,48)/t30-/m1/s1. The maximum Gasteiger partial charge on any atom is 0.422 e. The van der Waals surface area contributed by atoms with Gasteiger partial charge >= 0.3 is 28.4 Å². The molecule has 2 aliphatic rings. The number of carboxylic acids is 1. The molecule has 0 spiro atoms. The third-order valence-electron chi connectivity index (χ3n) is 10.6. The Morgan fingerprint density at radius 1 is 0.911 bits per heavy atom. The van der Waals surface area contributed by atoms with E-state index in [-0.39, 0.29) is 31.2 Å². The molecule has 0 bridgehead atoms. The van der Waals surface area contributed by atoms with Crippen molar-refractivity contribution in [3.8, 4) is 17.0 Å². The van der Waals surface area contributed by atoms with E-state index in [0.29, 0.717) is 25.1 Å². The molecule has 1 fully saturated rings. The van der Waals surface area contributed by atoms with Crippen molar-refractivity contribution in [1.82, 2.24) is 18.5 Å². The lowest BCUT2D eigenvalue weighted by atomic mass is 9.81. The first-order valence-electron chi connectivity index (χ1n) is 19.6. The van der Waals surface area contributed by atoms with Crippen molar-refractivity contribution in [1.29, 1.82) is 0 Å². The summed E-state index contributed by atoms with van der Waals surface area (Å²) >= 11 is 0. The maximum atomic E-state index is 14.2. The lowest BCUT2D eigenvalue weighted by Gasteiger charge is -2.37. The van der Waals surface area contributed by atoms with E-state index in [9.17, 15) is 27.9 Å². The monoisotopic (exact) mass is 796 g/mol. The van der Waals surface area contributed by atoms with Crippen molar-refractivity contribution in [2.24, 2.45) is 5.41 Å². The van der Waals surface area contributed by atoms with Gasteiger partial charge in [0.25, 0.3) is 0 Å². The van der Waals surface area contributed by atoms with Crippen LogP contribution in [0.4, 0.5) is 9.59 Å². The summed E-state index contributed by atoms with van der Waals surface area (Å²) in [6.45, 7) is 15.3. The Hall–Kier alpha value is -4.30. The number of aromatic carboxylic acids is 1. The Kier molecular flexibility index (Phi) is 12.7. The third kappa shape index (κ3) is 10.6. The molecule has 5 rings (SSSR count). The first kappa shape index (κ1) is 42.8. The molecule has 2 aromatic carbocycles. The number of carboxylic acid groups (broad SMARTS) is 1. The number of benzene rings is 2. The molecule has 1 aromatic heterocycles. The fourth-order valence-corrected chi connectivity index (χ4v) is 8.31. The number of aromatic nitrogens is 1. The second kappa shape index (κ2) is 16.7. The number of carbonyl (C=O) groups is 3. The molecule has 2 heterocycles. The Balaban J connectivity index is 1.49. The molecule has 0 radical (unpaired) electrons. The number of nitrogens with one attached hydrogen (secondary N) is 1. The van der Waals surface area contributed by atoms with Gasteiger partial charge in [-0.05, 0) is 108 Å². The van der Waals surface area contributed by atoms with Crippen molar-refractivity contribution in [2.75, 3.05) is 26.7 Å². The summed E-state index contributed by atoms with van der Waals surface area (Å²) in [7, 11) is -2.76. The second-order valence-corrected chi connectivity index (χ2v) is 19.8. The van der Waals surface area contributed by atoms with Gasteiger partial charge in [0, 0.05) is 43.1 Å². The van der Waals surface area contributed by atoms with Gasteiger partial charge in [0.15, 0.2) is 0 Å². The highest BCUT2D eigenvalue weighted by atomic mass is 32.2. The van der Waals surface area contributed by atoms with E-state index in [1.54, 1.807) is 37.8 Å². The van der Waals surface area contributed by atoms with Gasteiger partial charge in [-0.15, -0.1) is 0 Å². The van der Waals surface area contributed by atoms with Crippen LogP contribution in [0.1, 0.15) is 122 Å². The number of nitrogens with zero attached hydrogens (tertiary/aromatic N) is 3. The van der Waals surface area contributed by atoms with E-state index >= 15 is 0 Å². The van der Waals surface area contributed by atoms with E-state index in [2.05, 4.69) is 10.6 Å². The van der Waals surface area contributed by atoms with Crippen LogP contribution in [0.15, 0.2) is 42.5 Å². The van der Waals surface area contributed by atoms with E-state index in [0.717, 1.165) is 52.1 Å². The van der Waals surface area contributed by atoms with Crippen LogP contribution in [0.5, 0.6) is 5.75 Å². The van der Waals surface area contributed by atoms with Gasteiger partial charge < -0.3 is 23.9 Å². The number of rotatable bonds is 11. The van der Waals surface area contributed by atoms with Crippen molar-refractivity contribution in [3.63, 3.8) is 0 Å². The lowest BCUT2D eigenvalue weighted by molar-refractivity contribution is 0.00559. The fraction of sp³-hybridized carbons (Fsp3) is 0.595.